The predicted molar refractivity (Wildman–Crippen MR) is 70.7 cm³/mol. The molecule has 0 amide bonds. The lowest BCUT2D eigenvalue weighted by Gasteiger charge is -2.04. The van der Waals surface area contributed by atoms with Gasteiger partial charge in [0.1, 0.15) is 12.4 Å². The highest BCUT2D eigenvalue weighted by Gasteiger charge is 2.10. The lowest BCUT2D eigenvalue weighted by atomic mass is 10.2. The molecule has 3 rings (SSSR count). The normalized spacial score (nSPS) is 10.9. The first-order valence-corrected chi connectivity index (χ1v) is 6.09. The Labute approximate surface area is 114 Å². The Morgan fingerprint density at radius 1 is 1.10 bits per heavy atom. The van der Waals surface area contributed by atoms with E-state index in [2.05, 4.69) is 15.3 Å². The van der Waals surface area contributed by atoms with Crippen molar-refractivity contribution in [2.45, 2.75) is 0 Å². The molecule has 0 bridgehead atoms. The Balaban J connectivity index is 2.04. The number of fused-ring (bicyclic) bond motifs is 1. The van der Waals surface area contributed by atoms with Crippen LogP contribution in [0.25, 0.3) is 17.0 Å². The monoisotopic (exact) mass is 273 g/mol. The molecule has 0 saturated heterocycles. The summed E-state index contributed by atoms with van der Waals surface area (Å²) in [6.07, 6.45) is 0. The molecule has 0 spiro atoms. The van der Waals surface area contributed by atoms with Crippen LogP contribution >= 0.6 is 0 Å². The van der Waals surface area contributed by atoms with Gasteiger partial charge in [-0.25, -0.2) is 4.39 Å². The van der Waals surface area contributed by atoms with E-state index in [4.69, 9.17) is 10.5 Å². The van der Waals surface area contributed by atoms with Crippen LogP contribution < -0.4 is 10.5 Å². The average Bonchev–Trinajstić information content (AvgIpc) is 2.89. The van der Waals surface area contributed by atoms with Gasteiger partial charge in [-0.15, -0.1) is 15.3 Å². The van der Waals surface area contributed by atoms with Gasteiger partial charge in [0.05, 0.1) is 0 Å². The molecule has 6 nitrogen and oxygen atoms in total. The van der Waals surface area contributed by atoms with Gasteiger partial charge in [-0.3, -0.25) is 0 Å². The van der Waals surface area contributed by atoms with E-state index in [0.29, 0.717) is 30.5 Å². The van der Waals surface area contributed by atoms with Crippen molar-refractivity contribution in [3.05, 3.63) is 42.2 Å². The van der Waals surface area contributed by atoms with E-state index in [1.165, 1.54) is 12.1 Å². The molecule has 0 unspecified atom stereocenters. The highest BCUT2D eigenvalue weighted by molar-refractivity contribution is 5.58. The average molecular weight is 273 g/mol. The number of nitrogens with zero attached hydrogens (tertiary/aromatic N) is 4. The lowest BCUT2D eigenvalue weighted by molar-refractivity contribution is 0.310. The number of benzene rings is 1. The smallest absolute Gasteiger partial charge is 0.231 e. The Morgan fingerprint density at radius 3 is 2.65 bits per heavy atom. The van der Waals surface area contributed by atoms with Crippen LogP contribution in [0, 0.1) is 5.82 Å². The molecule has 0 aliphatic heterocycles. The number of hydrogen-bond donors (Lipinski definition) is 1. The van der Waals surface area contributed by atoms with Gasteiger partial charge in [0, 0.05) is 18.2 Å². The van der Waals surface area contributed by atoms with Gasteiger partial charge in [0.25, 0.3) is 0 Å². The molecule has 20 heavy (non-hydrogen) atoms. The third-order valence-corrected chi connectivity index (χ3v) is 2.71. The summed E-state index contributed by atoms with van der Waals surface area (Å²) in [5.74, 6) is 0.659. The van der Waals surface area contributed by atoms with Crippen molar-refractivity contribution in [3.8, 4) is 17.3 Å². The second kappa shape index (κ2) is 5.22. The molecule has 2 aromatic heterocycles. The molecule has 102 valence electrons. The topological polar surface area (TPSA) is 78.3 Å². The van der Waals surface area contributed by atoms with Crippen molar-refractivity contribution in [3.63, 3.8) is 0 Å². The summed E-state index contributed by atoms with van der Waals surface area (Å²) in [4.78, 5) is 0. The number of rotatable bonds is 4. The molecule has 0 aliphatic carbocycles. The van der Waals surface area contributed by atoms with Crippen molar-refractivity contribution in [1.29, 1.82) is 0 Å². The van der Waals surface area contributed by atoms with Crippen LogP contribution in [0.4, 0.5) is 4.39 Å². The van der Waals surface area contributed by atoms with Crippen LogP contribution in [0.2, 0.25) is 0 Å². The molecule has 0 aliphatic rings. The van der Waals surface area contributed by atoms with E-state index < -0.39 is 0 Å². The van der Waals surface area contributed by atoms with Crippen LogP contribution in [-0.4, -0.2) is 33.0 Å². The fraction of sp³-hybridized carbons (Fsp3) is 0.154. The fourth-order valence-electron chi connectivity index (χ4n) is 1.79. The zero-order chi connectivity index (χ0) is 13.9. The zero-order valence-corrected chi connectivity index (χ0v) is 10.5. The van der Waals surface area contributed by atoms with E-state index in [-0.39, 0.29) is 5.82 Å². The third kappa shape index (κ3) is 2.30. The van der Waals surface area contributed by atoms with Crippen LogP contribution in [-0.2, 0) is 0 Å². The number of aromatic nitrogens is 4. The SMILES string of the molecule is NCCOc1ccc2nnc(-c3ccc(F)cc3)n2n1. The first kappa shape index (κ1) is 12.5. The van der Waals surface area contributed by atoms with Crippen molar-refractivity contribution in [2.75, 3.05) is 13.2 Å². The maximum Gasteiger partial charge on any atom is 0.231 e. The number of nitrogens with two attached hydrogens (primary N) is 1. The first-order valence-electron chi connectivity index (χ1n) is 6.09. The summed E-state index contributed by atoms with van der Waals surface area (Å²) >= 11 is 0. The van der Waals surface area contributed by atoms with E-state index in [9.17, 15) is 4.39 Å². The molecule has 0 fully saturated rings. The lowest BCUT2D eigenvalue weighted by Crippen LogP contribution is -2.12. The number of halogens is 1. The molecule has 2 N–H and O–H groups in total. The van der Waals surface area contributed by atoms with Crippen LogP contribution in [0.3, 0.4) is 0 Å². The Hall–Kier alpha value is -2.54. The summed E-state index contributed by atoms with van der Waals surface area (Å²) in [6, 6.07) is 9.44. The van der Waals surface area contributed by atoms with Crippen molar-refractivity contribution >= 4 is 5.65 Å². The number of hydrogen-bond acceptors (Lipinski definition) is 5. The fourth-order valence-corrected chi connectivity index (χ4v) is 1.79. The van der Waals surface area contributed by atoms with Gasteiger partial charge < -0.3 is 10.5 Å². The Bertz CT molecular complexity index is 725. The molecule has 0 radical (unpaired) electrons. The minimum absolute atomic E-state index is 0.303. The summed E-state index contributed by atoms with van der Waals surface area (Å²) in [5.41, 5.74) is 6.70. The van der Waals surface area contributed by atoms with Gasteiger partial charge >= 0.3 is 0 Å². The minimum Gasteiger partial charge on any atom is -0.475 e. The highest BCUT2D eigenvalue weighted by Crippen LogP contribution is 2.19. The molecule has 0 atom stereocenters. The summed E-state index contributed by atoms with van der Waals surface area (Å²) < 4.78 is 19.9. The summed E-state index contributed by atoms with van der Waals surface area (Å²) in [6.45, 7) is 0.791. The molecule has 0 saturated carbocycles. The zero-order valence-electron chi connectivity index (χ0n) is 10.5. The van der Waals surface area contributed by atoms with Gasteiger partial charge in [0.15, 0.2) is 11.5 Å². The Morgan fingerprint density at radius 2 is 1.90 bits per heavy atom. The maximum absolute atomic E-state index is 13.0. The van der Waals surface area contributed by atoms with Crippen molar-refractivity contribution in [1.82, 2.24) is 19.8 Å². The van der Waals surface area contributed by atoms with E-state index in [1.54, 1.807) is 28.8 Å². The largest absolute Gasteiger partial charge is 0.475 e. The molecule has 2 heterocycles. The van der Waals surface area contributed by atoms with Crippen LogP contribution in [0.1, 0.15) is 0 Å². The quantitative estimate of drug-likeness (QED) is 0.774. The minimum atomic E-state index is -0.303. The Kier molecular flexibility index (Phi) is 3.26. The van der Waals surface area contributed by atoms with Crippen LogP contribution in [0.5, 0.6) is 5.88 Å². The van der Waals surface area contributed by atoms with Gasteiger partial charge in [-0.05, 0) is 30.3 Å². The molecule has 1 aromatic carbocycles. The standard InChI is InChI=1S/C13H12FN5O/c14-10-3-1-9(2-4-10)13-17-16-11-5-6-12(18-19(11)13)20-8-7-15/h1-6H,7-8,15H2. The first-order chi connectivity index (χ1) is 9.78. The van der Waals surface area contributed by atoms with Crippen LogP contribution in [0.15, 0.2) is 36.4 Å². The third-order valence-electron chi connectivity index (χ3n) is 2.71. The predicted octanol–water partition coefficient (Wildman–Crippen LogP) is 1.27. The second-order valence-electron chi connectivity index (χ2n) is 4.11. The molecule has 7 heteroatoms. The van der Waals surface area contributed by atoms with Gasteiger partial charge in [-0.1, -0.05) is 0 Å². The highest BCUT2D eigenvalue weighted by atomic mass is 19.1. The van der Waals surface area contributed by atoms with Gasteiger partial charge in [-0.2, -0.15) is 4.52 Å². The molecule has 3 aromatic rings. The van der Waals surface area contributed by atoms with E-state index >= 15 is 0 Å². The number of ether oxygens (including phenoxy) is 1. The molecular formula is C13H12FN5O. The van der Waals surface area contributed by atoms with E-state index in [0.717, 1.165) is 5.56 Å². The molecular weight excluding hydrogens is 261 g/mol. The van der Waals surface area contributed by atoms with E-state index in [1.807, 2.05) is 0 Å². The summed E-state index contributed by atoms with van der Waals surface area (Å²) in [7, 11) is 0. The van der Waals surface area contributed by atoms with Crippen molar-refractivity contribution in [2.24, 2.45) is 5.73 Å². The maximum atomic E-state index is 13.0. The van der Waals surface area contributed by atoms with Crippen molar-refractivity contribution < 1.29 is 9.13 Å². The summed E-state index contributed by atoms with van der Waals surface area (Å²) in [5, 5.41) is 12.4. The second-order valence-corrected chi connectivity index (χ2v) is 4.11. The van der Waals surface area contributed by atoms with Gasteiger partial charge in [0.2, 0.25) is 5.88 Å².